The average molecular weight is 729 g/mol. The highest BCUT2D eigenvalue weighted by Crippen LogP contribution is 2.22. The summed E-state index contributed by atoms with van der Waals surface area (Å²) in [5.74, 6) is 0.233. The zero-order chi connectivity index (χ0) is 37.7. The number of allylic oxidation sites excluding steroid dienone is 4. The lowest BCUT2D eigenvalue weighted by molar-refractivity contribution is -0.149. The quantitative estimate of drug-likeness (QED) is 0.0355. The molecule has 308 valence electrons. The van der Waals surface area contributed by atoms with Crippen molar-refractivity contribution in [3.05, 3.63) is 24.3 Å². The third-order valence-corrected chi connectivity index (χ3v) is 11.2. The van der Waals surface area contributed by atoms with E-state index in [0.717, 1.165) is 19.3 Å². The Morgan fingerprint density at radius 1 is 0.346 bits per heavy atom. The van der Waals surface area contributed by atoms with Crippen LogP contribution < -0.4 is 0 Å². The standard InChI is InChI=1S/C50H96O2/c1-4-7-10-13-16-19-22-24-26-28-30-32-35-38-41-44-47-49(46-43-40-37-34-21-18-15-12-9-6-3)50(51)52-48-45-42-39-36-33-31-29-27-25-23-20-17-14-11-8-5-2/h24-27,49H,4-23,28-48H2,1-3H3/b26-24-,27-25-. The largest absolute Gasteiger partial charge is 0.465 e. The second-order valence-corrected chi connectivity index (χ2v) is 16.5. The minimum Gasteiger partial charge on any atom is -0.465 e. The van der Waals surface area contributed by atoms with Crippen molar-refractivity contribution in [1.82, 2.24) is 0 Å². The van der Waals surface area contributed by atoms with Crippen molar-refractivity contribution in [3.63, 3.8) is 0 Å². The molecule has 2 heteroatoms. The Bertz CT molecular complexity index is 724. The maximum atomic E-state index is 13.2. The van der Waals surface area contributed by atoms with Crippen LogP contribution in [0.25, 0.3) is 0 Å². The predicted octanol–water partition coefficient (Wildman–Crippen LogP) is 17.9. The summed E-state index contributed by atoms with van der Waals surface area (Å²) in [6, 6.07) is 0. The minimum atomic E-state index is 0.108. The van der Waals surface area contributed by atoms with E-state index in [0.29, 0.717) is 6.61 Å². The molecule has 0 bridgehead atoms. The number of hydrogen-bond donors (Lipinski definition) is 0. The van der Waals surface area contributed by atoms with Gasteiger partial charge < -0.3 is 4.74 Å². The number of esters is 1. The van der Waals surface area contributed by atoms with Crippen LogP contribution in [0.2, 0.25) is 0 Å². The van der Waals surface area contributed by atoms with Gasteiger partial charge in [-0.3, -0.25) is 4.79 Å². The van der Waals surface area contributed by atoms with Crippen molar-refractivity contribution in [2.75, 3.05) is 6.61 Å². The Labute approximate surface area is 329 Å². The van der Waals surface area contributed by atoms with Crippen molar-refractivity contribution in [3.8, 4) is 0 Å². The normalized spacial score (nSPS) is 12.4. The monoisotopic (exact) mass is 729 g/mol. The first-order valence-corrected chi connectivity index (χ1v) is 24.2. The summed E-state index contributed by atoms with van der Waals surface area (Å²) in [6.07, 6.45) is 62.2. The number of rotatable bonds is 44. The molecule has 0 aromatic heterocycles. The van der Waals surface area contributed by atoms with Crippen molar-refractivity contribution < 1.29 is 9.53 Å². The lowest BCUT2D eigenvalue weighted by Gasteiger charge is -2.16. The summed E-state index contributed by atoms with van der Waals surface area (Å²) in [6.45, 7) is 7.50. The molecule has 0 heterocycles. The summed E-state index contributed by atoms with van der Waals surface area (Å²) in [5.41, 5.74) is 0. The molecule has 0 rings (SSSR count). The van der Waals surface area contributed by atoms with Gasteiger partial charge in [0.2, 0.25) is 0 Å². The minimum absolute atomic E-state index is 0.108. The summed E-state index contributed by atoms with van der Waals surface area (Å²) < 4.78 is 5.89. The van der Waals surface area contributed by atoms with Crippen LogP contribution in [0.15, 0.2) is 24.3 Å². The number of carbonyl (C=O) groups is 1. The molecule has 0 aliphatic carbocycles. The van der Waals surface area contributed by atoms with E-state index >= 15 is 0 Å². The molecule has 52 heavy (non-hydrogen) atoms. The smallest absolute Gasteiger partial charge is 0.308 e. The number of carbonyl (C=O) groups excluding carboxylic acids is 1. The van der Waals surface area contributed by atoms with Crippen LogP contribution in [0.1, 0.15) is 278 Å². The van der Waals surface area contributed by atoms with Crippen LogP contribution in [0.3, 0.4) is 0 Å². The Hall–Kier alpha value is -1.05. The molecule has 0 aliphatic heterocycles. The summed E-state index contributed by atoms with van der Waals surface area (Å²) in [4.78, 5) is 13.2. The van der Waals surface area contributed by atoms with E-state index in [-0.39, 0.29) is 11.9 Å². The molecule has 0 aliphatic rings. The highest BCUT2D eigenvalue weighted by Gasteiger charge is 2.19. The van der Waals surface area contributed by atoms with E-state index in [1.807, 2.05) is 0 Å². The number of unbranched alkanes of at least 4 members (excludes halogenated alkanes) is 33. The number of hydrogen-bond acceptors (Lipinski definition) is 2. The van der Waals surface area contributed by atoms with E-state index in [4.69, 9.17) is 4.74 Å². The Balaban J connectivity index is 4.07. The maximum Gasteiger partial charge on any atom is 0.308 e. The lowest BCUT2D eigenvalue weighted by Crippen LogP contribution is -2.18. The lowest BCUT2D eigenvalue weighted by atomic mass is 9.94. The molecule has 0 saturated carbocycles. The third-order valence-electron chi connectivity index (χ3n) is 11.2. The van der Waals surface area contributed by atoms with Gasteiger partial charge in [-0.25, -0.2) is 0 Å². The van der Waals surface area contributed by atoms with Crippen LogP contribution in [-0.4, -0.2) is 12.6 Å². The van der Waals surface area contributed by atoms with Gasteiger partial charge in [0.05, 0.1) is 12.5 Å². The van der Waals surface area contributed by atoms with Gasteiger partial charge in [0.25, 0.3) is 0 Å². The fourth-order valence-corrected chi connectivity index (χ4v) is 7.54. The first kappa shape index (κ1) is 51.0. The van der Waals surface area contributed by atoms with Crippen LogP contribution in [0, 0.1) is 5.92 Å². The zero-order valence-electron chi connectivity index (χ0n) is 36.2. The summed E-state index contributed by atoms with van der Waals surface area (Å²) in [5, 5.41) is 0. The summed E-state index contributed by atoms with van der Waals surface area (Å²) >= 11 is 0. The summed E-state index contributed by atoms with van der Waals surface area (Å²) in [7, 11) is 0. The fraction of sp³-hybridized carbons (Fsp3) is 0.900. The molecule has 1 atom stereocenters. The van der Waals surface area contributed by atoms with Gasteiger partial charge in [0, 0.05) is 0 Å². The molecule has 0 amide bonds. The van der Waals surface area contributed by atoms with Crippen LogP contribution in [0.4, 0.5) is 0 Å². The van der Waals surface area contributed by atoms with Crippen LogP contribution in [-0.2, 0) is 9.53 Å². The molecule has 0 N–H and O–H groups in total. The van der Waals surface area contributed by atoms with Gasteiger partial charge in [-0.15, -0.1) is 0 Å². The molecule has 0 spiro atoms. The van der Waals surface area contributed by atoms with Gasteiger partial charge in [0.1, 0.15) is 0 Å². The molecular weight excluding hydrogens is 633 g/mol. The zero-order valence-corrected chi connectivity index (χ0v) is 36.2. The molecular formula is C50H96O2. The van der Waals surface area contributed by atoms with Crippen LogP contribution >= 0.6 is 0 Å². The van der Waals surface area contributed by atoms with E-state index in [1.54, 1.807) is 0 Å². The highest BCUT2D eigenvalue weighted by atomic mass is 16.5. The van der Waals surface area contributed by atoms with Crippen LogP contribution in [0.5, 0.6) is 0 Å². The molecule has 0 saturated heterocycles. The second-order valence-electron chi connectivity index (χ2n) is 16.5. The molecule has 0 aromatic carbocycles. The molecule has 2 nitrogen and oxygen atoms in total. The third kappa shape index (κ3) is 41.7. The first-order valence-electron chi connectivity index (χ1n) is 24.2. The molecule has 1 unspecified atom stereocenters. The number of ether oxygens (including phenoxy) is 1. The van der Waals surface area contributed by atoms with Gasteiger partial charge in [-0.2, -0.15) is 0 Å². The van der Waals surface area contributed by atoms with E-state index in [9.17, 15) is 4.79 Å². The molecule has 0 aromatic rings. The maximum absolute atomic E-state index is 13.2. The Kier molecular flexibility index (Phi) is 45.2. The van der Waals surface area contributed by atoms with Crippen molar-refractivity contribution in [2.24, 2.45) is 5.92 Å². The Morgan fingerprint density at radius 3 is 0.904 bits per heavy atom. The van der Waals surface area contributed by atoms with E-state index in [1.165, 1.54) is 238 Å². The van der Waals surface area contributed by atoms with Gasteiger partial charge in [-0.05, 0) is 70.6 Å². The van der Waals surface area contributed by atoms with Gasteiger partial charge in [-0.1, -0.05) is 231 Å². The average Bonchev–Trinajstić information content (AvgIpc) is 3.15. The fourth-order valence-electron chi connectivity index (χ4n) is 7.54. The highest BCUT2D eigenvalue weighted by molar-refractivity contribution is 5.72. The van der Waals surface area contributed by atoms with Crippen molar-refractivity contribution in [1.29, 1.82) is 0 Å². The SMILES string of the molecule is CCCCCCCC/C=C\CCCCCCCCOC(=O)C(CCCCCCCC/C=C\CCCCCCCC)CCCCCCCCCCCC. The van der Waals surface area contributed by atoms with E-state index in [2.05, 4.69) is 45.1 Å². The van der Waals surface area contributed by atoms with Crippen molar-refractivity contribution >= 4 is 5.97 Å². The van der Waals surface area contributed by atoms with Gasteiger partial charge >= 0.3 is 5.97 Å². The van der Waals surface area contributed by atoms with Gasteiger partial charge in [0.15, 0.2) is 0 Å². The predicted molar refractivity (Wildman–Crippen MR) is 234 cm³/mol. The Morgan fingerprint density at radius 2 is 0.596 bits per heavy atom. The van der Waals surface area contributed by atoms with Crippen molar-refractivity contribution in [2.45, 2.75) is 278 Å². The van der Waals surface area contributed by atoms with E-state index < -0.39 is 0 Å². The first-order chi connectivity index (χ1) is 25.8. The topological polar surface area (TPSA) is 26.3 Å². The second kappa shape index (κ2) is 46.1. The molecule has 0 fully saturated rings. The molecule has 0 radical (unpaired) electrons.